The minimum atomic E-state index is -0.0578. The summed E-state index contributed by atoms with van der Waals surface area (Å²) in [4.78, 5) is 12.4. The zero-order valence-electron chi connectivity index (χ0n) is 9.72. The maximum absolute atomic E-state index is 12.4. The number of carbonyl (C=O) groups is 1. The molecule has 3 rings (SSSR count). The molecule has 0 saturated carbocycles. The number of hydrogen-bond acceptors (Lipinski definition) is 3. The molecule has 0 fully saturated rings. The van der Waals surface area contributed by atoms with Crippen LogP contribution in [0.15, 0.2) is 42.5 Å². The van der Waals surface area contributed by atoms with E-state index in [4.69, 9.17) is 9.84 Å². The molecule has 0 spiro atoms. The smallest absolute Gasteiger partial charge is 0.197 e. The molecule has 0 bridgehead atoms. The molecule has 1 N–H and O–H groups in total. The molecule has 18 heavy (non-hydrogen) atoms. The number of aliphatic hydroxyl groups excluding tert-OH is 1. The Balaban J connectivity index is 2.15. The number of carbonyl (C=O) groups excluding carboxylic acids is 1. The maximum atomic E-state index is 12.4. The fraction of sp³-hybridized carbons (Fsp3) is 0.133. The summed E-state index contributed by atoms with van der Waals surface area (Å²) in [5, 5.41) is 9.11. The molecule has 0 aliphatic carbocycles. The lowest BCUT2D eigenvalue weighted by atomic mass is 9.98. The highest BCUT2D eigenvalue weighted by atomic mass is 16.5. The third kappa shape index (κ3) is 1.69. The molecule has 0 radical (unpaired) electrons. The molecule has 1 aliphatic rings. The number of hydrogen-bond donors (Lipinski definition) is 1. The minimum absolute atomic E-state index is 0.0254. The highest BCUT2D eigenvalue weighted by molar-refractivity contribution is 6.12. The van der Waals surface area contributed by atoms with Crippen molar-refractivity contribution in [2.24, 2.45) is 0 Å². The molecule has 3 heteroatoms. The van der Waals surface area contributed by atoms with Gasteiger partial charge in [-0.3, -0.25) is 4.79 Å². The van der Waals surface area contributed by atoms with E-state index in [9.17, 15) is 4.79 Å². The quantitative estimate of drug-likeness (QED) is 0.832. The average molecular weight is 240 g/mol. The van der Waals surface area contributed by atoms with Crippen LogP contribution in [0.4, 0.5) is 0 Å². The van der Waals surface area contributed by atoms with E-state index in [2.05, 4.69) is 0 Å². The normalized spacial score (nSPS) is 13.3. The first kappa shape index (κ1) is 11.0. The topological polar surface area (TPSA) is 46.5 Å². The summed E-state index contributed by atoms with van der Waals surface area (Å²) in [5.74, 6) is 0.519. The van der Waals surface area contributed by atoms with Crippen molar-refractivity contribution >= 4 is 5.78 Å². The number of ether oxygens (including phenoxy) is 1. The molecule has 90 valence electrons. The van der Waals surface area contributed by atoms with Crippen LogP contribution in [0.1, 0.15) is 27.0 Å². The Morgan fingerprint density at radius 3 is 2.78 bits per heavy atom. The highest BCUT2D eigenvalue weighted by Crippen LogP contribution is 2.29. The molecule has 0 amide bonds. The summed E-state index contributed by atoms with van der Waals surface area (Å²) in [7, 11) is 0. The van der Waals surface area contributed by atoms with Gasteiger partial charge in [0.1, 0.15) is 12.4 Å². The summed E-state index contributed by atoms with van der Waals surface area (Å²) in [5.41, 5.74) is 2.88. The molecule has 1 aliphatic heterocycles. The Morgan fingerprint density at radius 1 is 1.11 bits per heavy atom. The van der Waals surface area contributed by atoms with Gasteiger partial charge in [0.25, 0.3) is 0 Å². The van der Waals surface area contributed by atoms with E-state index in [0.29, 0.717) is 23.5 Å². The van der Waals surface area contributed by atoms with E-state index >= 15 is 0 Å². The van der Waals surface area contributed by atoms with Gasteiger partial charge in [-0.1, -0.05) is 30.3 Å². The maximum Gasteiger partial charge on any atom is 0.197 e. The van der Waals surface area contributed by atoms with Crippen LogP contribution in [0.25, 0.3) is 0 Å². The monoisotopic (exact) mass is 240 g/mol. The average Bonchev–Trinajstić information content (AvgIpc) is 2.57. The van der Waals surface area contributed by atoms with Crippen LogP contribution >= 0.6 is 0 Å². The zero-order valence-corrected chi connectivity index (χ0v) is 9.72. The van der Waals surface area contributed by atoms with Crippen molar-refractivity contribution in [2.75, 3.05) is 0 Å². The number of fused-ring (bicyclic) bond motifs is 2. The minimum Gasteiger partial charge on any atom is -0.488 e. The van der Waals surface area contributed by atoms with E-state index in [1.54, 1.807) is 18.2 Å². The predicted octanol–water partition coefficient (Wildman–Crippen LogP) is 2.30. The van der Waals surface area contributed by atoms with E-state index in [1.807, 2.05) is 24.3 Å². The molecule has 2 aromatic rings. The SMILES string of the molecule is O=C1c2ccccc2COc2cc(CO)ccc21. The van der Waals surface area contributed by atoms with E-state index in [0.717, 1.165) is 11.1 Å². The van der Waals surface area contributed by atoms with Crippen LogP contribution in [0.2, 0.25) is 0 Å². The zero-order chi connectivity index (χ0) is 12.5. The largest absolute Gasteiger partial charge is 0.488 e. The number of aliphatic hydroxyl groups is 1. The van der Waals surface area contributed by atoms with E-state index in [-0.39, 0.29) is 12.4 Å². The number of benzene rings is 2. The third-order valence-corrected chi connectivity index (χ3v) is 3.12. The molecule has 0 atom stereocenters. The molecule has 0 aromatic heterocycles. The van der Waals surface area contributed by atoms with Crippen LogP contribution < -0.4 is 4.74 Å². The molecule has 0 saturated heterocycles. The van der Waals surface area contributed by atoms with Gasteiger partial charge < -0.3 is 9.84 Å². The second-order valence-corrected chi connectivity index (χ2v) is 4.26. The van der Waals surface area contributed by atoms with Crippen molar-refractivity contribution in [1.82, 2.24) is 0 Å². The predicted molar refractivity (Wildman–Crippen MR) is 66.6 cm³/mol. The van der Waals surface area contributed by atoms with Crippen molar-refractivity contribution in [2.45, 2.75) is 13.2 Å². The van der Waals surface area contributed by atoms with Crippen LogP contribution in [-0.2, 0) is 13.2 Å². The van der Waals surface area contributed by atoms with E-state index in [1.165, 1.54) is 0 Å². The molecular formula is C15H12O3. The van der Waals surface area contributed by atoms with Gasteiger partial charge in [0.05, 0.1) is 12.2 Å². The Kier molecular flexibility index (Phi) is 2.61. The van der Waals surface area contributed by atoms with Crippen molar-refractivity contribution in [3.8, 4) is 5.75 Å². The van der Waals surface area contributed by atoms with Gasteiger partial charge in [0.15, 0.2) is 5.78 Å². The highest BCUT2D eigenvalue weighted by Gasteiger charge is 2.21. The van der Waals surface area contributed by atoms with Crippen LogP contribution in [-0.4, -0.2) is 10.9 Å². The molecule has 0 unspecified atom stereocenters. The number of rotatable bonds is 1. The summed E-state index contributed by atoms with van der Waals surface area (Å²) >= 11 is 0. The first-order valence-corrected chi connectivity index (χ1v) is 5.79. The summed E-state index contributed by atoms with van der Waals surface area (Å²) in [6, 6.07) is 12.6. The van der Waals surface area contributed by atoms with Crippen molar-refractivity contribution < 1.29 is 14.6 Å². The Hall–Kier alpha value is -2.13. The van der Waals surface area contributed by atoms with E-state index < -0.39 is 0 Å². The Bertz CT molecular complexity index is 617. The fourth-order valence-electron chi connectivity index (χ4n) is 2.14. The van der Waals surface area contributed by atoms with Gasteiger partial charge in [0, 0.05) is 11.1 Å². The lowest BCUT2D eigenvalue weighted by Crippen LogP contribution is -2.02. The molecule has 3 nitrogen and oxygen atoms in total. The van der Waals surface area contributed by atoms with Crippen molar-refractivity contribution in [3.05, 3.63) is 64.7 Å². The molecular weight excluding hydrogens is 228 g/mol. The summed E-state index contributed by atoms with van der Waals surface area (Å²) in [6.45, 7) is 0.321. The standard InChI is InChI=1S/C15H12O3/c16-8-10-5-6-13-14(7-10)18-9-11-3-1-2-4-12(11)15(13)17/h1-7,16H,8-9H2. The van der Waals surface area contributed by atoms with Gasteiger partial charge in [-0.05, 0) is 17.7 Å². The third-order valence-electron chi connectivity index (χ3n) is 3.12. The van der Waals surface area contributed by atoms with Crippen LogP contribution in [0, 0.1) is 0 Å². The van der Waals surface area contributed by atoms with Crippen LogP contribution in [0.3, 0.4) is 0 Å². The lowest BCUT2D eigenvalue weighted by molar-refractivity contribution is 0.103. The Morgan fingerprint density at radius 2 is 1.94 bits per heavy atom. The van der Waals surface area contributed by atoms with Gasteiger partial charge in [-0.15, -0.1) is 0 Å². The fourth-order valence-corrected chi connectivity index (χ4v) is 2.14. The van der Waals surface area contributed by atoms with Gasteiger partial charge in [-0.25, -0.2) is 0 Å². The Labute approximate surface area is 105 Å². The van der Waals surface area contributed by atoms with Crippen LogP contribution in [0.5, 0.6) is 5.75 Å². The van der Waals surface area contributed by atoms with Crippen molar-refractivity contribution in [1.29, 1.82) is 0 Å². The second-order valence-electron chi connectivity index (χ2n) is 4.26. The first-order chi connectivity index (χ1) is 8.79. The molecule has 2 aromatic carbocycles. The second kappa shape index (κ2) is 4.27. The summed E-state index contributed by atoms with van der Waals surface area (Å²) in [6.07, 6.45) is 0. The van der Waals surface area contributed by atoms with Gasteiger partial charge in [-0.2, -0.15) is 0 Å². The van der Waals surface area contributed by atoms with Gasteiger partial charge in [0.2, 0.25) is 0 Å². The van der Waals surface area contributed by atoms with Crippen molar-refractivity contribution in [3.63, 3.8) is 0 Å². The summed E-state index contributed by atoms with van der Waals surface area (Å²) < 4.78 is 5.66. The first-order valence-electron chi connectivity index (χ1n) is 5.79. The number of ketones is 1. The molecule has 1 heterocycles. The van der Waals surface area contributed by atoms with Gasteiger partial charge >= 0.3 is 0 Å². The lowest BCUT2D eigenvalue weighted by Gasteiger charge is -2.07.